The summed E-state index contributed by atoms with van der Waals surface area (Å²) in [6.45, 7) is 4.08. The Morgan fingerprint density at radius 3 is 2.39 bits per heavy atom. The smallest absolute Gasteiger partial charge is 0.254 e. The normalized spacial score (nSPS) is 20.2. The van der Waals surface area contributed by atoms with Crippen LogP contribution < -0.4 is 5.73 Å². The molecule has 2 N–H and O–H groups in total. The summed E-state index contributed by atoms with van der Waals surface area (Å²) in [6, 6.07) is 18.2. The average Bonchev–Trinajstić information content (AvgIpc) is 3.00. The maximum atomic E-state index is 12.8. The fourth-order valence-corrected chi connectivity index (χ4v) is 3.34. The van der Waals surface area contributed by atoms with Gasteiger partial charge in [-0.2, -0.15) is 0 Å². The summed E-state index contributed by atoms with van der Waals surface area (Å²) in [7, 11) is 0. The first-order chi connectivity index (χ1) is 10.7. The lowest BCUT2D eigenvalue weighted by molar-refractivity contribution is 0.0785. The third-order valence-corrected chi connectivity index (χ3v) is 4.63. The van der Waals surface area contributed by atoms with Crippen molar-refractivity contribution in [2.45, 2.75) is 12.8 Å². The SMILES string of the molecule is Cc1ccccc1C(=O)N1C[C@@H](CN)[C@H](c2ccccc2)C1.Cl. The van der Waals surface area contributed by atoms with Crippen LogP contribution in [0.5, 0.6) is 0 Å². The molecule has 1 aliphatic rings. The zero-order valence-corrected chi connectivity index (χ0v) is 14.1. The van der Waals surface area contributed by atoms with E-state index in [-0.39, 0.29) is 18.3 Å². The lowest BCUT2D eigenvalue weighted by atomic mass is 9.89. The molecule has 0 aliphatic carbocycles. The molecule has 1 amide bonds. The highest BCUT2D eigenvalue weighted by molar-refractivity contribution is 5.95. The van der Waals surface area contributed by atoms with E-state index in [9.17, 15) is 4.79 Å². The second-order valence-corrected chi connectivity index (χ2v) is 6.04. The van der Waals surface area contributed by atoms with E-state index < -0.39 is 0 Å². The van der Waals surface area contributed by atoms with Gasteiger partial charge in [0.05, 0.1) is 0 Å². The van der Waals surface area contributed by atoms with E-state index in [1.165, 1.54) is 5.56 Å². The minimum atomic E-state index is 0. The molecule has 4 heteroatoms. The molecule has 3 rings (SSSR count). The Kier molecular flexibility index (Phi) is 5.80. The summed E-state index contributed by atoms with van der Waals surface area (Å²) in [5.41, 5.74) is 9.06. The highest BCUT2D eigenvalue weighted by Gasteiger charge is 2.35. The van der Waals surface area contributed by atoms with Crippen LogP contribution in [0, 0.1) is 12.8 Å². The zero-order valence-electron chi connectivity index (χ0n) is 13.3. The van der Waals surface area contributed by atoms with Gasteiger partial charge in [-0.15, -0.1) is 12.4 Å². The molecule has 1 saturated heterocycles. The second kappa shape index (κ2) is 7.62. The lowest BCUT2D eigenvalue weighted by Crippen LogP contribution is -2.30. The van der Waals surface area contributed by atoms with E-state index >= 15 is 0 Å². The van der Waals surface area contributed by atoms with Crippen LogP contribution in [0.3, 0.4) is 0 Å². The molecule has 122 valence electrons. The van der Waals surface area contributed by atoms with Crippen molar-refractivity contribution in [2.24, 2.45) is 11.7 Å². The third-order valence-electron chi connectivity index (χ3n) is 4.63. The Bertz CT molecular complexity index is 659. The Hall–Kier alpha value is -1.84. The van der Waals surface area contributed by atoms with Crippen LogP contribution in [0.4, 0.5) is 0 Å². The monoisotopic (exact) mass is 330 g/mol. The van der Waals surface area contributed by atoms with E-state index in [1.807, 2.05) is 42.2 Å². The first kappa shape index (κ1) is 17.5. The van der Waals surface area contributed by atoms with Gasteiger partial charge < -0.3 is 10.6 Å². The zero-order chi connectivity index (χ0) is 15.5. The molecule has 23 heavy (non-hydrogen) atoms. The Labute approximate surface area is 143 Å². The molecule has 0 radical (unpaired) electrons. The summed E-state index contributed by atoms with van der Waals surface area (Å²) in [4.78, 5) is 14.7. The largest absolute Gasteiger partial charge is 0.338 e. The molecular formula is C19H23ClN2O. The maximum Gasteiger partial charge on any atom is 0.254 e. The van der Waals surface area contributed by atoms with Crippen LogP contribution >= 0.6 is 12.4 Å². The number of nitrogens with zero attached hydrogens (tertiary/aromatic N) is 1. The van der Waals surface area contributed by atoms with Gasteiger partial charge >= 0.3 is 0 Å². The molecule has 2 atom stereocenters. The van der Waals surface area contributed by atoms with Crippen molar-refractivity contribution in [1.29, 1.82) is 0 Å². The van der Waals surface area contributed by atoms with Crippen molar-refractivity contribution >= 4 is 18.3 Å². The van der Waals surface area contributed by atoms with Crippen LogP contribution in [0.2, 0.25) is 0 Å². The summed E-state index contributed by atoms with van der Waals surface area (Å²) < 4.78 is 0. The van der Waals surface area contributed by atoms with Crippen molar-refractivity contribution in [2.75, 3.05) is 19.6 Å². The van der Waals surface area contributed by atoms with Gasteiger partial charge in [0.2, 0.25) is 0 Å². The number of carbonyl (C=O) groups is 1. The molecule has 2 aromatic rings. The van der Waals surface area contributed by atoms with Crippen molar-refractivity contribution in [3.05, 3.63) is 71.3 Å². The number of benzene rings is 2. The second-order valence-electron chi connectivity index (χ2n) is 6.04. The van der Waals surface area contributed by atoms with Crippen LogP contribution in [0.1, 0.15) is 27.4 Å². The molecule has 0 unspecified atom stereocenters. The average molecular weight is 331 g/mol. The van der Waals surface area contributed by atoms with Crippen LogP contribution in [-0.4, -0.2) is 30.4 Å². The van der Waals surface area contributed by atoms with Gasteiger partial charge in [0.25, 0.3) is 5.91 Å². The maximum absolute atomic E-state index is 12.8. The van der Waals surface area contributed by atoms with Gasteiger partial charge in [-0.1, -0.05) is 48.5 Å². The summed E-state index contributed by atoms with van der Waals surface area (Å²) >= 11 is 0. The quantitative estimate of drug-likeness (QED) is 0.939. The van der Waals surface area contributed by atoms with Crippen molar-refractivity contribution in [3.8, 4) is 0 Å². The first-order valence-corrected chi connectivity index (χ1v) is 7.80. The van der Waals surface area contributed by atoms with Gasteiger partial charge in [-0.25, -0.2) is 0 Å². The fraction of sp³-hybridized carbons (Fsp3) is 0.316. The molecule has 0 bridgehead atoms. The number of rotatable bonds is 3. The molecular weight excluding hydrogens is 308 g/mol. The Balaban J connectivity index is 0.00000192. The van der Waals surface area contributed by atoms with E-state index in [4.69, 9.17) is 5.73 Å². The molecule has 1 heterocycles. The standard InChI is InChI=1S/C19H22N2O.ClH/c1-14-7-5-6-10-17(14)19(22)21-12-16(11-20)18(13-21)15-8-3-2-4-9-15;/h2-10,16,18H,11-13,20H2,1H3;1H/t16-,18+;/m1./s1. The van der Waals surface area contributed by atoms with Gasteiger partial charge in [0.1, 0.15) is 0 Å². The molecule has 1 aliphatic heterocycles. The minimum Gasteiger partial charge on any atom is -0.338 e. The van der Waals surface area contributed by atoms with Crippen molar-refractivity contribution in [3.63, 3.8) is 0 Å². The van der Waals surface area contributed by atoms with Gasteiger partial charge in [-0.05, 0) is 36.6 Å². The number of likely N-dealkylation sites (tertiary alicyclic amines) is 1. The van der Waals surface area contributed by atoms with Gasteiger partial charge in [0.15, 0.2) is 0 Å². The third kappa shape index (κ3) is 3.57. The predicted molar refractivity (Wildman–Crippen MR) is 96.1 cm³/mol. The molecule has 2 aromatic carbocycles. The van der Waals surface area contributed by atoms with Crippen molar-refractivity contribution in [1.82, 2.24) is 4.90 Å². The van der Waals surface area contributed by atoms with E-state index in [0.29, 0.717) is 18.4 Å². The molecule has 0 spiro atoms. The van der Waals surface area contributed by atoms with Gasteiger partial charge in [-0.3, -0.25) is 4.79 Å². The number of amides is 1. The highest BCUT2D eigenvalue weighted by Crippen LogP contribution is 2.33. The predicted octanol–water partition coefficient (Wildman–Crippen LogP) is 3.23. The topological polar surface area (TPSA) is 46.3 Å². The molecule has 3 nitrogen and oxygen atoms in total. The first-order valence-electron chi connectivity index (χ1n) is 7.80. The number of hydrogen-bond acceptors (Lipinski definition) is 2. The number of nitrogens with two attached hydrogens (primary N) is 1. The molecule has 0 saturated carbocycles. The fourth-order valence-electron chi connectivity index (χ4n) is 3.34. The number of carbonyl (C=O) groups excluding carboxylic acids is 1. The Morgan fingerprint density at radius 1 is 1.09 bits per heavy atom. The van der Waals surface area contributed by atoms with Crippen LogP contribution in [0.15, 0.2) is 54.6 Å². The number of aryl methyl sites for hydroxylation is 1. The number of hydrogen-bond donors (Lipinski definition) is 1. The van der Waals surface area contributed by atoms with E-state index in [0.717, 1.165) is 24.2 Å². The van der Waals surface area contributed by atoms with E-state index in [1.54, 1.807) is 0 Å². The van der Waals surface area contributed by atoms with Crippen LogP contribution in [0.25, 0.3) is 0 Å². The lowest BCUT2D eigenvalue weighted by Gasteiger charge is -2.18. The highest BCUT2D eigenvalue weighted by atomic mass is 35.5. The summed E-state index contributed by atoms with van der Waals surface area (Å²) in [5.74, 6) is 0.782. The van der Waals surface area contributed by atoms with Gasteiger partial charge in [0, 0.05) is 24.6 Å². The van der Waals surface area contributed by atoms with Crippen LogP contribution in [-0.2, 0) is 0 Å². The summed E-state index contributed by atoms with van der Waals surface area (Å²) in [6.07, 6.45) is 0. The van der Waals surface area contributed by atoms with E-state index in [2.05, 4.69) is 24.3 Å². The summed E-state index contributed by atoms with van der Waals surface area (Å²) in [5, 5.41) is 0. The molecule has 1 fully saturated rings. The van der Waals surface area contributed by atoms with Crippen molar-refractivity contribution < 1.29 is 4.79 Å². The minimum absolute atomic E-state index is 0. The Morgan fingerprint density at radius 2 is 1.74 bits per heavy atom. The number of halogens is 1. The molecule has 0 aromatic heterocycles.